The highest BCUT2D eigenvalue weighted by molar-refractivity contribution is 8.01. The van der Waals surface area contributed by atoms with Crippen molar-refractivity contribution in [2.24, 2.45) is 0 Å². The summed E-state index contributed by atoms with van der Waals surface area (Å²) in [6, 6.07) is 0.790. The maximum Gasteiger partial charge on any atom is 0.208 e. The van der Waals surface area contributed by atoms with Crippen LogP contribution in [-0.4, -0.2) is 53.8 Å². The number of aromatic nitrogens is 2. The Labute approximate surface area is 110 Å². The molecule has 0 radical (unpaired) electrons. The van der Waals surface area contributed by atoms with Crippen molar-refractivity contribution in [2.45, 2.75) is 29.3 Å². The van der Waals surface area contributed by atoms with E-state index in [2.05, 4.69) is 15.5 Å². The van der Waals surface area contributed by atoms with Gasteiger partial charge in [0.15, 0.2) is 4.34 Å². The minimum absolute atomic E-state index is 0.166. The average molecular weight is 274 g/mol. The molecule has 1 unspecified atom stereocenters. The standard InChI is InChI=1S/C10H18N4OS2/c1-14(2)9-12-13-10(17-9)16-6-8(5-15)11-7-3-4-7/h7-8,11,15H,3-6H2,1-2H3. The number of thioether (sulfide) groups is 1. The van der Waals surface area contributed by atoms with E-state index in [1.165, 1.54) is 12.8 Å². The van der Waals surface area contributed by atoms with E-state index in [0.29, 0.717) is 6.04 Å². The largest absolute Gasteiger partial charge is 0.395 e. The summed E-state index contributed by atoms with van der Waals surface area (Å²) in [7, 11) is 3.92. The van der Waals surface area contributed by atoms with Gasteiger partial charge in [-0.15, -0.1) is 10.2 Å². The number of anilines is 1. The lowest BCUT2D eigenvalue weighted by molar-refractivity contribution is 0.253. The minimum atomic E-state index is 0.166. The van der Waals surface area contributed by atoms with Crippen molar-refractivity contribution in [2.75, 3.05) is 31.4 Å². The summed E-state index contributed by atoms with van der Waals surface area (Å²) >= 11 is 3.24. The number of rotatable bonds is 7. The van der Waals surface area contributed by atoms with Gasteiger partial charge >= 0.3 is 0 Å². The van der Waals surface area contributed by atoms with Gasteiger partial charge < -0.3 is 15.3 Å². The highest BCUT2D eigenvalue weighted by atomic mass is 32.2. The highest BCUT2D eigenvalue weighted by Crippen LogP contribution is 2.28. The van der Waals surface area contributed by atoms with E-state index in [1.54, 1.807) is 23.1 Å². The van der Waals surface area contributed by atoms with Crippen LogP contribution >= 0.6 is 23.1 Å². The Hall–Kier alpha value is -0.370. The molecule has 0 spiro atoms. The average Bonchev–Trinajstić information content (AvgIpc) is 2.99. The number of nitrogens with zero attached hydrogens (tertiary/aromatic N) is 3. The fourth-order valence-corrected chi connectivity index (χ4v) is 3.16. The molecule has 1 aromatic heterocycles. The second-order valence-corrected chi connectivity index (χ2v) is 6.60. The van der Waals surface area contributed by atoms with Gasteiger partial charge in [-0.3, -0.25) is 0 Å². The molecule has 5 nitrogen and oxygen atoms in total. The molecule has 2 N–H and O–H groups in total. The summed E-state index contributed by atoms with van der Waals surface area (Å²) < 4.78 is 0.963. The molecule has 1 aliphatic carbocycles. The van der Waals surface area contributed by atoms with Gasteiger partial charge in [-0.25, -0.2) is 0 Å². The fourth-order valence-electron chi connectivity index (χ4n) is 1.35. The van der Waals surface area contributed by atoms with E-state index >= 15 is 0 Å². The SMILES string of the molecule is CN(C)c1nnc(SCC(CO)NC2CC2)s1. The summed E-state index contributed by atoms with van der Waals surface area (Å²) in [5.74, 6) is 0.842. The first-order valence-corrected chi connectivity index (χ1v) is 7.49. The minimum Gasteiger partial charge on any atom is -0.395 e. The predicted octanol–water partition coefficient (Wildman–Crippen LogP) is 0.809. The second kappa shape index (κ2) is 5.99. The molecule has 96 valence electrons. The van der Waals surface area contributed by atoms with Crippen molar-refractivity contribution in [3.8, 4) is 0 Å². The molecule has 1 heterocycles. The van der Waals surface area contributed by atoms with Crippen LogP contribution in [0.25, 0.3) is 0 Å². The molecule has 1 fully saturated rings. The van der Waals surface area contributed by atoms with Gasteiger partial charge in [-0.05, 0) is 12.8 Å². The Bertz CT molecular complexity index is 354. The van der Waals surface area contributed by atoms with Gasteiger partial charge in [0.25, 0.3) is 0 Å². The monoisotopic (exact) mass is 274 g/mol. The fraction of sp³-hybridized carbons (Fsp3) is 0.800. The van der Waals surface area contributed by atoms with Crippen LogP contribution in [0, 0.1) is 0 Å². The molecule has 1 aliphatic rings. The third-order valence-electron chi connectivity index (χ3n) is 2.46. The summed E-state index contributed by atoms with van der Waals surface area (Å²) in [6.45, 7) is 0.183. The van der Waals surface area contributed by atoms with Crippen LogP contribution in [-0.2, 0) is 0 Å². The lowest BCUT2D eigenvalue weighted by Crippen LogP contribution is -2.36. The molecule has 1 aromatic rings. The van der Waals surface area contributed by atoms with Gasteiger partial charge in [0.1, 0.15) is 0 Å². The third kappa shape index (κ3) is 4.09. The number of nitrogens with one attached hydrogen (secondary N) is 1. The predicted molar refractivity (Wildman–Crippen MR) is 72.0 cm³/mol. The van der Waals surface area contributed by atoms with E-state index in [-0.39, 0.29) is 12.6 Å². The molecular formula is C10H18N4OS2. The van der Waals surface area contributed by atoms with Crippen molar-refractivity contribution >= 4 is 28.2 Å². The normalized spacial score (nSPS) is 17.1. The topological polar surface area (TPSA) is 61.3 Å². The maximum absolute atomic E-state index is 9.26. The van der Waals surface area contributed by atoms with E-state index in [9.17, 15) is 5.11 Å². The summed E-state index contributed by atoms with van der Waals surface area (Å²) in [6.07, 6.45) is 2.48. The number of aliphatic hydroxyl groups is 1. The molecule has 1 saturated carbocycles. The lowest BCUT2D eigenvalue weighted by atomic mass is 10.3. The molecule has 0 amide bonds. The first kappa shape index (κ1) is 13.1. The molecule has 0 saturated heterocycles. The molecule has 2 rings (SSSR count). The zero-order chi connectivity index (χ0) is 12.3. The molecular weight excluding hydrogens is 256 g/mol. The number of hydrogen-bond acceptors (Lipinski definition) is 7. The van der Waals surface area contributed by atoms with Crippen molar-refractivity contribution in [1.29, 1.82) is 0 Å². The molecule has 1 atom stereocenters. The first-order valence-electron chi connectivity index (χ1n) is 5.69. The summed E-state index contributed by atoms with van der Waals surface area (Å²) in [4.78, 5) is 1.95. The van der Waals surface area contributed by atoms with Gasteiger partial charge in [-0.1, -0.05) is 23.1 Å². The molecule has 0 aliphatic heterocycles. The van der Waals surface area contributed by atoms with Crippen LogP contribution in [0.1, 0.15) is 12.8 Å². The Kier molecular flexibility index (Phi) is 4.61. The maximum atomic E-state index is 9.26. The molecule has 0 bridgehead atoms. The van der Waals surface area contributed by atoms with E-state index < -0.39 is 0 Å². The lowest BCUT2D eigenvalue weighted by Gasteiger charge is -2.13. The van der Waals surface area contributed by atoms with E-state index in [4.69, 9.17) is 0 Å². The summed E-state index contributed by atoms with van der Waals surface area (Å²) in [5.41, 5.74) is 0. The Balaban J connectivity index is 1.78. The van der Waals surface area contributed by atoms with Crippen molar-refractivity contribution < 1.29 is 5.11 Å². The van der Waals surface area contributed by atoms with Gasteiger partial charge in [0.2, 0.25) is 5.13 Å². The molecule has 0 aromatic carbocycles. The van der Waals surface area contributed by atoms with Crippen LogP contribution in [0.15, 0.2) is 4.34 Å². The van der Waals surface area contributed by atoms with Crippen LogP contribution in [0.2, 0.25) is 0 Å². The van der Waals surface area contributed by atoms with Gasteiger partial charge in [-0.2, -0.15) is 0 Å². The summed E-state index contributed by atoms with van der Waals surface area (Å²) in [5, 5.41) is 21.8. The van der Waals surface area contributed by atoms with Gasteiger partial charge in [0, 0.05) is 31.9 Å². The second-order valence-electron chi connectivity index (χ2n) is 4.38. The van der Waals surface area contributed by atoms with Crippen molar-refractivity contribution in [1.82, 2.24) is 15.5 Å². The van der Waals surface area contributed by atoms with Crippen LogP contribution < -0.4 is 10.2 Å². The third-order valence-corrected chi connectivity index (χ3v) is 4.84. The Morgan fingerprint density at radius 2 is 2.29 bits per heavy atom. The van der Waals surface area contributed by atoms with E-state index in [0.717, 1.165) is 15.2 Å². The highest BCUT2D eigenvalue weighted by Gasteiger charge is 2.24. The zero-order valence-corrected chi connectivity index (χ0v) is 11.7. The van der Waals surface area contributed by atoms with Gasteiger partial charge in [0.05, 0.1) is 6.61 Å². The quantitative estimate of drug-likeness (QED) is 0.718. The smallest absolute Gasteiger partial charge is 0.208 e. The van der Waals surface area contributed by atoms with E-state index in [1.807, 2.05) is 19.0 Å². The van der Waals surface area contributed by atoms with Crippen molar-refractivity contribution in [3.05, 3.63) is 0 Å². The zero-order valence-electron chi connectivity index (χ0n) is 10.1. The number of aliphatic hydroxyl groups excluding tert-OH is 1. The van der Waals surface area contributed by atoms with Crippen LogP contribution in [0.4, 0.5) is 5.13 Å². The molecule has 7 heteroatoms. The van der Waals surface area contributed by atoms with Crippen LogP contribution in [0.5, 0.6) is 0 Å². The van der Waals surface area contributed by atoms with Crippen molar-refractivity contribution in [3.63, 3.8) is 0 Å². The number of hydrogen-bond donors (Lipinski definition) is 2. The Morgan fingerprint density at radius 3 is 2.82 bits per heavy atom. The first-order chi connectivity index (χ1) is 8.19. The van der Waals surface area contributed by atoms with Crippen LogP contribution in [0.3, 0.4) is 0 Å². The molecule has 17 heavy (non-hydrogen) atoms. The Morgan fingerprint density at radius 1 is 1.53 bits per heavy atom.